The second kappa shape index (κ2) is 8.96. The molecule has 32 heavy (non-hydrogen) atoms. The molecule has 1 aliphatic rings. The van der Waals surface area contributed by atoms with Gasteiger partial charge in [0.25, 0.3) is 10.0 Å². The number of carbonyl (C=O) groups is 1. The molecule has 0 unspecified atom stereocenters. The molecule has 0 saturated heterocycles. The number of benzene rings is 3. The maximum Gasteiger partial charge on any atom is 0.263 e. The molecule has 8 heteroatoms. The Labute approximate surface area is 196 Å². The van der Waals surface area contributed by atoms with Gasteiger partial charge in [-0.25, -0.2) is 8.42 Å². The first-order valence-electron chi connectivity index (χ1n) is 10.2. The molecule has 1 N–H and O–H groups in total. The normalized spacial score (nSPS) is 15.3. The number of nitrogens with zero attached hydrogens (tertiary/aromatic N) is 1. The summed E-state index contributed by atoms with van der Waals surface area (Å²) in [5.74, 6) is 0.530. The Hall–Kier alpha value is -2.84. The number of carbonyl (C=O) groups excluding carboxylic acids is 1. The summed E-state index contributed by atoms with van der Waals surface area (Å²) in [4.78, 5) is 13.8. The van der Waals surface area contributed by atoms with Gasteiger partial charge in [0.15, 0.2) is 0 Å². The van der Waals surface area contributed by atoms with Crippen molar-refractivity contribution in [2.75, 3.05) is 9.62 Å². The predicted octanol–water partition coefficient (Wildman–Crippen LogP) is 5.13. The van der Waals surface area contributed by atoms with E-state index in [9.17, 15) is 13.2 Å². The zero-order valence-corrected chi connectivity index (χ0v) is 20.1. The van der Waals surface area contributed by atoms with Gasteiger partial charge in [-0.15, -0.1) is 0 Å². The molecule has 0 fully saturated rings. The third-order valence-electron chi connectivity index (χ3n) is 5.33. The van der Waals surface area contributed by atoms with Crippen molar-refractivity contribution in [3.63, 3.8) is 0 Å². The van der Waals surface area contributed by atoms with Crippen molar-refractivity contribution in [1.29, 1.82) is 0 Å². The molecule has 1 heterocycles. The van der Waals surface area contributed by atoms with E-state index in [4.69, 9.17) is 4.74 Å². The first kappa shape index (κ1) is 22.4. The number of rotatable bonds is 6. The summed E-state index contributed by atoms with van der Waals surface area (Å²) >= 11 is 3.39. The Balaban J connectivity index is 1.52. The van der Waals surface area contributed by atoms with E-state index in [1.807, 2.05) is 37.3 Å². The molecule has 0 spiro atoms. The molecule has 4 rings (SSSR count). The average Bonchev–Trinajstić information content (AvgIpc) is 3.07. The fourth-order valence-corrected chi connectivity index (χ4v) is 6.04. The molecule has 0 aliphatic carbocycles. The van der Waals surface area contributed by atoms with Crippen molar-refractivity contribution in [3.8, 4) is 5.75 Å². The highest BCUT2D eigenvalue weighted by Gasteiger charge is 2.32. The summed E-state index contributed by atoms with van der Waals surface area (Å²) in [6, 6.07) is 19.9. The van der Waals surface area contributed by atoms with Gasteiger partial charge in [0.05, 0.1) is 0 Å². The summed E-state index contributed by atoms with van der Waals surface area (Å²) in [6.45, 7) is 3.86. The standard InChI is InChI=1S/C24H23BrN2O4S/c1-16-12-19-13-22(25)24(14-23(19)27(16)17(2)28)32(29,30)26-20-8-10-21(11-9-20)31-15-18-6-4-3-5-7-18/h3-11,13-14,16,26H,12,15H2,1-2H3/t16-/m0/s1. The zero-order chi connectivity index (χ0) is 22.9. The maximum absolute atomic E-state index is 13.1. The fourth-order valence-electron chi connectivity index (χ4n) is 3.87. The van der Waals surface area contributed by atoms with Crippen molar-refractivity contribution >= 4 is 43.2 Å². The molecule has 1 amide bonds. The van der Waals surface area contributed by atoms with Crippen molar-refractivity contribution in [3.05, 3.63) is 82.3 Å². The average molecular weight is 515 g/mol. The van der Waals surface area contributed by atoms with Crippen molar-refractivity contribution < 1.29 is 17.9 Å². The lowest BCUT2D eigenvalue weighted by Gasteiger charge is -2.21. The van der Waals surface area contributed by atoms with Crippen molar-refractivity contribution in [1.82, 2.24) is 0 Å². The molecule has 1 aliphatic heterocycles. The van der Waals surface area contributed by atoms with Gasteiger partial charge in [-0.05, 0) is 76.8 Å². The summed E-state index contributed by atoms with van der Waals surface area (Å²) in [7, 11) is -3.88. The molecule has 0 aromatic heterocycles. The van der Waals surface area contributed by atoms with Crippen molar-refractivity contribution in [2.24, 2.45) is 0 Å². The van der Waals surface area contributed by atoms with Gasteiger partial charge < -0.3 is 9.64 Å². The molecule has 0 saturated carbocycles. The monoisotopic (exact) mass is 514 g/mol. The largest absolute Gasteiger partial charge is 0.489 e. The molecule has 0 radical (unpaired) electrons. The topological polar surface area (TPSA) is 75.7 Å². The third kappa shape index (κ3) is 4.66. The first-order valence-corrected chi connectivity index (χ1v) is 12.4. The van der Waals surface area contributed by atoms with E-state index in [1.54, 1.807) is 41.3 Å². The number of sulfonamides is 1. The Morgan fingerprint density at radius 1 is 1.12 bits per heavy atom. The predicted molar refractivity (Wildman–Crippen MR) is 128 cm³/mol. The van der Waals surface area contributed by atoms with E-state index in [0.717, 1.165) is 11.1 Å². The van der Waals surface area contributed by atoms with E-state index in [0.29, 0.717) is 34.6 Å². The van der Waals surface area contributed by atoms with E-state index in [1.165, 1.54) is 6.92 Å². The van der Waals surface area contributed by atoms with Crippen LogP contribution in [0, 0.1) is 0 Å². The molecule has 1 atom stereocenters. The van der Waals surface area contributed by atoms with Crippen LogP contribution >= 0.6 is 15.9 Å². The van der Waals surface area contributed by atoms with E-state index >= 15 is 0 Å². The SMILES string of the molecule is CC(=O)N1c2cc(S(=O)(=O)Nc3ccc(OCc4ccccc4)cc3)c(Br)cc2C[C@@H]1C. The Kier molecular flexibility index (Phi) is 6.26. The van der Waals surface area contributed by atoms with Gasteiger partial charge in [-0.2, -0.15) is 0 Å². The number of hydrogen-bond donors (Lipinski definition) is 1. The van der Waals surface area contributed by atoms with E-state index in [-0.39, 0.29) is 16.8 Å². The van der Waals surface area contributed by atoms with E-state index < -0.39 is 10.0 Å². The number of fused-ring (bicyclic) bond motifs is 1. The molecule has 6 nitrogen and oxygen atoms in total. The second-order valence-electron chi connectivity index (χ2n) is 7.76. The van der Waals surface area contributed by atoms with Crippen LogP contribution in [0.1, 0.15) is 25.0 Å². The van der Waals surface area contributed by atoms with Crippen LogP contribution in [-0.2, 0) is 27.8 Å². The van der Waals surface area contributed by atoms with Crippen LogP contribution in [0.4, 0.5) is 11.4 Å². The van der Waals surface area contributed by atoms with Gasteiger partial charge in [0, 0.05) is 28.8 Å². The van der Waals surface area contributed by atoms with Gasteiger partial charge in [0.2, 0.25) is 5.91 Å². The molecule has 3 aromatic carbocycles. The number of ether oxygens (including phenoxy) is 1. The van der Waals surface area contributed by atoms with Crippen LogP contribution in [-0.4, -0.2) is 20.4 Å². The lowest BCUT2D eigenvalue weighted by atomic mass is 10.1. The van der Waals surface area contributed by atoms with Crippen LogP contribution in [0.15, 0.2) is 76.1 Å². The van der Waals surface area contributed by atoms with Crippen LogP contribution in [0.2, 0.25) is 0 Å². The first-order chi connectivity index (χ1) is 15.2. The van der Waals surface area contributed by atoms with Crippen LogP contribution in [0.25, 0.3) is 0 Å². The molecule has 3 aromatic rings. The van der Waals surface area contributed by atoms with Gasteiger partial charge in [-0.3, -0.25) is 9.52 Å². The lowest BCUT2D eigenvalue weighted by Crippen LogP contribution is -2.33. The number of hydrogen-bond acceptors (Lipinski definition) is 4. The van der Waals surface area contributed by atoms with Gasteiger partial charge >= 0.3 is 0 Å². The quantitative estimate of drug-likeness (QED) is 0.494. The molecular weight excluding hydrogens is 492 g/mol. The minimum atomic E-state index is -3.88. The second-order valence-corrected chi connectivity index (χ2v) is 10.3. The highest BCUT2D eigenvalue weighted by atomic mass is 79.9. The van der Waals surface area contributed by atoms with Crippen LogP contribution < -0.4 is 14.4 Å². The smallest absolute Gasteiger partial charge is 0.263 e. The Morgan fingerprint density at radius 3 is 2.47 bits per heavy atom. The Morgan fingerprint density at radius 2 is 1.81 bits per heavy atom. The molecule has 166 valence electrons. The maximum atomic E-state index is 13.1. The van der Waals surface area contributed by atoms with Crippen molar-refractivity contribution in [2.45, 2.75) is 37.8 Å². The highest BCUT2D eigenvalue weighted by Crippen LogP contribution is 2.38. The Bertz CT molecular complexity index is 1240. The molecular formula is C24H23BrN2O4S. The zero-order valence-electron chi connectivity index (χ0n) is 17.7. The number of anilines is 2. The summed E-state index contributed by atoms with van der Waals surface area (Å²) < 4.78 is 35.0. The lowest BCUT2D eigenvalue weighted by molar-refractivity contribution is -0.116. The van der Waals surface area contributed by atoms with Crippen LogP contribution in [0.3, 0.4) is 0 Å². The minimum Gasteiger partial charge on any atom is -0.489 e. The summed E-state index contributed by atoms with van der Waals surface area (Å²) in [5.41, 5.74) is 3.05. The van der Waals surface area contributed by atoms with Crippen LogP contribution in [0.5, 0.6) is 5.75 Å². The fraction of sp³-hybridized carbons (Fsp3) is 0.208. The number of nitrogens with one attached hydrogen (secondary N) is 1. The summed E-state index contributed by atoms with van der Waals surface area (Å²) in [5, 5.41) is 0. The number of amides is 1. The highest BCUT2D eigenvalue weighted by molar-refractivity contribution is 9.10. The van der Waals surface area contributed by atoms with Gasteiger partial charge in [0.1, 0.15) is 17.3 Å². The number of halogens is 1. The van der Waals surface area contributed by atoms with Gasteiger partial charge in [-0.1, -0.05) is 30.3 Å². The van der Waals surface area contributed by atoms with E-state index in [2.05, 4.69) is 20.7 Å². The molecule has 0 bridgehead atoms. The third-order valence-corrected chi connectivity index (χ3v) is 7.67. The minimum absolute atomic E-state index is 0.0104. The summed E-state index contributed by atoms with van der Waals surface area (Å²) in [6.07, 6.45) is 0.686.